The van der Waals surface area contributed by atoms with E-state index in [1.54, 1.807) is 0 Å². The summed E-state index contributed by atoms with van der Waals surface area (Å²) in [5.74, 6) is 0.481. The van der Waals surface area contributed by atoms with Gasteiger partial charge in [0.25, 0.3) is 0 Å². The van der Waals surface area contributed by atoms with Crippen LogP contribution in [-0.2, 0) is 9.53 Å². The van der Waals surface area contributed by atoms with Crippen molar-refractivity contribution in [3.8, 4) is 0 Å². The number of ether oxygens (including phenoxy) is 1. The van der Waals surface area contributed by atoms with Crippen LogP contribution in [0.25, 0.3) is 0 Å². The molecule has 0 aromatic heterocycles. The molecule has 0 radical (unpaired) electrons. The highest BCUT2D eigenvalue weighted by Crippen LogP contribution is 2.39. The van der Waals surface area contributed by atoms with Gasteiger partial charge < -0.3 is 14.5 Å². The minimum absolute atomic E-state index is 0.150. The van der Waals surface area contributed by atoms with Gasteiger partial charge >= 0.3 is 0 Å². The van der Waals surface area contributed by atoms with E-state index in [4.69, 9.17) is 4.74 Å². The van der Waals surface area contributed by atoms with E-state index in [2.05, 4.69) is 11.9 Å². The Morgan fingerprint density at radius 2 is 2.19 bits per heavy atom. The minimum atomic E-state index is 0.150. The molecule has 1 amide bonds. The van der Waals surface area contributed by atoms with Gasteiger partial charge in [-0.1, -0.05) is 0 Å². The summed E-state index contributed by atoms with van der Waals surface area (Å²) in [5.41, 5.74) is 0.434. The van der Waals surface area contributed by atoms with Gasteiger partial charge in [0.15, 0.2) is 0 Å². The van der Waals surface area contributed by atoms with E-state index in [0.29, 0.717) is 17.9 Å². The van der Waals surface area contributed by atoms with Crippen LogP contribution in [-0.4, -0.2) is 62.1 Å². The van der Waals surface area contributed by atoms with Crippen molar-refractivity contribution >= 4 is 5.91 Å². The lowest BCUT2D eigenvalue weighted by Crippen LogP contribution is -2.60. The summed E-state index contributed by atoms with van der Waals surface area (Å²) >= 11 is 0. The molecule has 1 spiro atoms. The van der Waals surface area contributed by atoms with Crippen molar-refractivity contribution in [3.05, 3.63) is 0 Å². The van der Waals surface area contributed by atoms with Crippen LogP contribution in [0.5, 0.6) is 0 Å². The first kappa shape index (κ1) is 10.5. The molecule has 3 aliphatic rings. The van der Waals surface area contributed by atoms with Crippen LogP contribution in [0.3, 0.4) is 0 Å². The molecule has 4 nitrogen and oxygen atoms in total. The number of carbonyl (C=O) groups is 1. The third-order valence-corrected chi connectivity index (χ3v) is 4.27. The fourth-order valence-corrected chi connectivity index (χ4v) is 3.32. The van der Waals surface area contributed by atoms with Crippen molar-refractivity contribution in [1.29, 1.82) is 0 Å². The van der Waals surface area contributed by atoms with Gasteiger partial charge in [-0.25, -0.2) is 0 Å². The zero-order valence-electron chi connectivity index (χ0n) is 9.95. The first-order valence-corrected chi connectivity index (χ1v) is 6.24. The molecule has 16 heavy (non-hydrogen) atoms. The quantitative estimate of drug-likeness (QED) is 0.637. The van der Waals surface area contributed by atoms with Crippen molar-refractivity contribution < 1.29 is 9.53 Å². The Balaban J connectivity index is 1.54. The van der Waals surface area contributed by atoms with E-state index in [1.807, 2.05) is 4.90 Å². The standard InChI is InChI=1S/C12H20N2O2/c1-13-4-3-12(7-13)8-14(9-12)11(15)10-2-5-16-6-10/h10H,2-9H2,1H3. The van der Waals surface area contributed by atoms with Crippen molar-refractivity contribution in [2.75, 3.05) is 46.4 Å². The summed E-state index contributed by atoms with van der Waals surface area (Å²) in [7, 11) is 2.17. The van der Waals surface area contributed by atoms with Crippen LogP contribution < -0.4 is 0 Å². The maximum Gasteiger partial charge on any atom is 0.228 e. The lowest BCUT2D eigenvalue weighted by Gasteiger charge is -2.48. The van der Waals surface area contributed by atoms with Gasteiger partial charge in [0, 0.05) is 31.7 Å². The number of carbonyl (C=O) groups excluding carboxylic acids is 1. The Bertz CT molecular complexity index is 293. The second-order valence-electron chi connectivity index (χ2n) is 5.74. The molecule has 90 valence electrons. The number of hydrogen-bond acceptors (Lipinski definition) is 3. The maximum absolute atomic E-state index is 12.1. The molecule has 4 heteroatoms. The minimum Gasteiger partial charge on any atom is -0.381 e. The molecule has 0 bridgehead atoms. The summed E-state index contributed by atoms with van der Waals surface area (Å²) in [6.45, 7) is 5.71. The van der Waals surface area contributed by atoms with Gasteiger partial charge in [-0.2, -0.15) is 0 Å². The summed E-state index contributed by atoms with van der Waals surface area (Å²) in [6.07, 6.45) is 2.18. The van der Waals surface area contributed by atoms with Crippen LogP contribution in [0.1, 0.15) is 12.8 Å². The average molecular weight is 224 g/mol. The maximum atomic E-state index is 12.1. The second kappa shape index (κ2) is 3.70. The van der Waals surface area contributed by atoms with Crippen molar-refractivity contribution in [1.82, 2.24) is 9.80 Å². The van der Waals surface area contributed by atoms with Crippen molar-refractivity contribution in [3.63, 3.8) is 0 Å². The van der Waals surface area contributed by atoms with Crippen LogP contribution in [0.15, 0.2) is 0 Å². The fraction of sp³-hybridized carbons (Fsp3) is 0.917. The highest BCUT2D eigenvalue weighted by Gasteiger charge is 2.49. The van der Waals surface area contributed by atoms with E-state index in [1.165, 1.54) is 13.0 Å². The fourth-order valence-electron chi connectivity index (χ4n) is 3.32. The molecule has 3 fully saturated rings. The first-order valence-electron chi connectivity index (χ1n) is 6.24. The highest BCUT2D eigenvalue weighted by molar-refractivity contribution is 5.80. The predicted molar refractivity (Wildman–Crippen MR) is 60.1 cm³/mol. The summed E-state index contributed by atoms with van der Waals surface area (Å²) < 4.78 is 5.28. The predicted octanol–water partition coefficient (Wildman–Crippen LogP) is 0.187. The number of hydrogen-bond donors (Lipinski definition) is 0. The molecule has 1 unspecified atom stereocenters. The summed E-state index contributed by atoms with van der Waals surface area (Å²) in [5, 5.41) is 0. The van der Waals surface area contributed by atoms with E-state index < -0.39 is 0 Å². The van der Waals surface area contributed by atoms with Gasteiger partial charge in [-0.3, -0.25) is 4.79 Å². The normalized spacial score (nSPS) is 33.3. The zero-order chi connectivity index (χ0) is 11.2. The van der Waals surface area contributed by atoms with E-state index in [0.717, 1.165) is 32.7 Å². The first-order chi connectivity index (χ1) is 7.69. The largest absolute Gasteiger partial charge is 0.381 e. The molecule has 3 aliphatic heterocycles. The third-order valence-electron chi connectivity index (χ3n) is 4.27. The van der Waals surface area contributed by atoms with Crippen molar-refractivity contribution in [2.24, 2.45) is 11.3 Å². The Morgan fingerprint density at radius 1 is 1.38 bits per heavy atom. The van der Waals surface area contributed by atoms with Crippen molar-refractivity contribution in [2.45, 2.75) is 12.8 Å². The van der Waals surface area contributed by atoms with E-state index in [9.17, 15) is 4.79 Å². The van der Waals surface area contributed by atoms with Gasteiger partial charge in [0.05, 0.1) is 12.5 Å². The van der Waals surface area contributed by atoms with E-state index in [-0.39, 0.29) is 5.92 Å². The molecule has 3 rings (SSSR count). The molecule has 0 N–H and O–H groups in total. The molecule has 0 aromatic carbocycles. The number of likely N-dealkylation sites (tertiary alicyclic amines) is 2. The van der Waals surface area contributed by atoms with Crippen LogP contribution >= 0.6 is 0 Å². The molecule has 3 saturated heterocycles. The second-order valence-corrected chi connectivity index (χ2v) is 5.74. The van der Waals surface area contributed by atoms with Gasteiger partial charge in [0.2, 0.25) is 5.91 Å². The van der Waals surface area contributed by atoms with Crippen LogP contribution in [0, 0.1) is 11.3 Å². The lowest BCUT2D eigenvalue weighted by atomic mass is 9.78. The molecule has 0 saturated carbocycles. The smallest absolute Gasteiger partial charge is 0.228 e. The van der Waals surface area contributed by atoms with Crippen LogP contribution in [0.2, 0.25) is 0 Å². The summed E-state index contributed by atoms with van der Waals surface area (Å²) in [6, 6.07) is 0. The van der Waals surface area contributed by atoms with Gasteiger partial charge in [-0.15, -0.1) is 0 Å². The molecule has 0 aromatic rings. The molecular formula is C12H20N2O2. The van der Waals surface area contributed by atoms with Gasteiger partial charge in [0.1, 0.15) is 0 Å². The average Bonchev–Trinajstić information content (AvgIpc) is 2.82. The number of rotatable bonds is 1. The number of amides is 1. The highest BCUT2D eigenvalue weighted by atomic mass is 16.5. The Morgan fingerprint density at radius 3 is 2.75 bits per heavy atom. The zero-order valence-corrected chi connectivity index (χ0v) is 9.95. The SMILES string of the molecule is CN1CCC2(C1)CN(C(=O)C1CCOC1)C2. The molecule has 0 aliphatic carbocycles. The monoisotopic (exact) mass is 224 g/mol. The van der Waals surface area contributed by atoms with Crippen LogP contribution in [0.4, 0.5) is 0 Å². The number of nitrogens with zero attached hydrogens (tertiary/aromatic N) is 2. The Hall–Kier alpha value is -0.610. The van der Waals surface area contributed by atoms with Gasteiger partial charge in [-0.05, 0) is 26.4 Å². The van der Waals surface area contributed by atoms with E-state index >= 15 is 0 Å². The lowest BCUT2D eigenvalue weighted by molar-refractivity contribution is -0.147. The summed E-state index contributed by atoms with van der Waals surface area (Å²) in [4.78, 5) is 16.5. The Kier molecular flexibility index (Phi) is 2.44. The topological polar surface area (TPSA) is 32.8 Å². The third kappa shape index (κ3) is 1.64. The Labute approximate surface area is 96.5 Å². The molecule has 3 heterocycles. The molecule has 1 atom stereocenters. The molecular weight excluding hydrogens is 204 g/mol.